The van der Waals surface area contributed by atoms with Gasteiger partial charge >= 0.3 is 0 Å². The predicted octanol–water partition coefficient (Wildman–Crippen LogP) is 1.42. The molecule has 0 spiro atoms. The summed E-state index contributed by atoms with van der Waals surface area (Å²) in [6.45, 7) is 1.87. The molecular formula is C10H7ClNO. The second-order valence-corrected chi connectivity index (χ2v) is 3.34. The summed E-state index contributed by atoms with van der Waals surface area (Å²) in [5, 5.41) is 13.0. The van der Waals surface area contributed by atoms with Gasteiger partial charge in [-0.25, -0.2) is 4.99 Å². The van der Waals surface area contributed by atoms with Crippen LogP contribution in [0.2, 0.25) is 5.02 Å². The van der Waals surface area contributed by atoms with E-state index in [2.05, 4.69) is 4.99 Å². The standard InChI is InChI=1S/C10H7ClNO/c1-6-8-4-7(11)2-3-9(8)12-10(6)5-13/h2-5H,1H3. The van der Waals surface area contributed by atoms with Crippen molar-refractivity contribution in [2.75, 3.05) is 0 Å². The van der Waals surface area contributed by atoms with E-state index < -0.39 is 0 Å². The average molecular weight is 193 g/mol. The maximum Gasteiger partial charge on any atom is 0.168 e. The van der Waals surface area contributed by atoms with Crippen molar-refractivity contribution in [3.8, 4) is 0 Å². The van der Waals surface area contributed by atoms with Crippen molar-refractivity contribution in [3.05, 3.63) is 45.8 Å². The van der Waals surface area contributed by atoms with Crippen molar-refractivity contribution in [2.24, 2.45) is 4.99 Å². The molecule has 0 atom stereocenters. The summed E-state index contributed by atoms with van der Waals surface area (Å²) >= 11 is 5.83. The average Bonchev–Trinajstić information content (AvgIpc) is 2.44. The zero-order valence-electron chi connectivity index (χ0n) is 7.04. The molecule has 0 unspecified atom stereocenters. The van der Waals surface area contributed by atoms with Crippen LogP contribution in [0.4, 0.5) is 0 Å². The summed E-state index contributed by atoms with van der Waals surface area (Å²) in [5.41, 5.74) is 1.39. The highest BCUT2D eigenvalue weighted by molar-refractivity contribution is 6.30. The molecule has 13 heavy (non-hydrogen) atoms. The lowest BCUT2D eigenvalue weighted by Gasteiger charge is -1.90. The minimum absolute atomic E-state index is 0.497. The largest absolute Gasteiger partial charge is 0.296 e. The van der Waals surface area contributed by atoms with Gasteiger partial charge in [0, 0.05) is 10.2 Å². The lowest BCUT2D eigenvalue weighted by molar-refractivity contribution is 0.348. The molecule has 3 heteroatoms. The van der Waals surface area contributed by atoms with E-state index in [9.17, 15) is 5.11 Å². The summed E-state index contributed by atoms with van der Waals surface area (Å²) in [6.07, 6.45) is 0.767. The van der Waals surface area contributed by atoms with Crippen LogP contribution in [0.25, 0.3) is 5.57 Å². The number of hydrogen-bond donors (Lipinski definition) is 0. The summed E-state index contributed by atoms with van der Waals surface area (Å²) < 4.78 is 0. The van der Waals surface area contributed by atoms with Crippen LogP contribution in [0.1, 0.15) is 6.92 Å². The van der Waals surface area contributed by atoms with Gasteiger partial charge in [0.05, 0.1) is 5.36 Å². The Hall–Kier alpha value is -1.28. The van der Waals surface area contributed by atoms with Gasteiger partial charge in [-0.3, -0.25) is 5.11 Å². The summed E-state index contributed by atoms with van der Waals surface area (Å²) in [5.74, 6) is 0. The molecule has 1 aliphatic heterocycles. The molecule has 0 bridgehead atoms. The number of nitrogens with zero attached hydrogens (tertiary/aromatic N) is 1. The number of hydrogen-bond acceptors (Lipinski definition) is 1. The number of rotatable bonds is 0. The molecule has 0 saturated carbocycles. The molecule has 0 fully saturated rings. The fourth-order valence-electron chi connectivity index (χ4n) is 1.37. The maximum atomic E-state index is 10.6. The zero-order chi connectivity index (χ0) is 9.42. The minimum atomic E-state index is 0.497. The molecule has 1 aromatic carbocycles. The minimum Gasteiger partial charge on any atom is -0.296 e. The van der Waals surface area contributed by atoms with Crippen molar-refractivity contribution in [2.45, 2.75) is 6.92 Å². The Kier molecular flexibility index (Phi) is 1.85. The molecular weight excluding hydrogens is 186 g/mol. The van der Waals surface area contributed by atoms with Crippen LogP contribution in [0, 0.1) is 0 Å². The van der Waals surface area contributed by atoms with Crippen molar-refractivity contribution in [1.82, 2.24) is 0 Å². The number of allylic oxidation sites excluding steroid dienone is 1. The van der Waals surface area contributed by atoms with Gasteiger partial charge in [0.25, 0.3) is 0 Å². The van der Waals surface area contributed by atoms with Crippen LogP contribution in [0.5, 0.6) is 0 Å². The second-order valence-electron chi connectivity index (χ2n) is 2.90. The third kappa shape index (κ3) is 1.23. The van der Waals surface area contributed by atoms with E-state index in [1.165, 1.54) is 0 Å². The molecule has 0 N–H and O–H groups in total. The molecule has 1 aromatic rings. The smallest absolute Gasteiger partial charge is 0.168 e. The van der Waals surface area contributed by atoms with Crippen LogP contribution in [-0.2, 0) is 5.11 Å². The molecule has 1 radical (unpaired) electrons. The van der Waals surface area contributed by atoms with E-state index in [0.717, 1.165) is 22.4 Å². The van der Waals surface area contributed by atoms with E-state index in [-0.39, 0.29) is 0 Å². The Bertz CT molecular complexity index is 502. The topological polar surface area (TPSA) is 32.3 Å². The Labute approximate surface area is 80.5 Å². The highest BCUT2D eigenvalue weighted by atomic mass is 35.5. The quantitative estimate of drug-likeness (QED) is 0.557. The van der Waals surface area contributed by atoms with Gasteiger partial charge in [0.2, 0.25) is 0 Å². The number of fused-ring (bicyclic) bond motifs is 1. The van der Waals surface area contributed by atoms with E-state index in [1.807, 2.05) is 19.1 Å². The highest BCUT2D eigenvalue weighted by Gasteiger charge is 2.08. The molecule has 2 rings (SSSR count). The first-order chi connectivity index (χ1) is 6.22. The molecule has 1 heterocycles. The van der Waals surface area contributed by atoms with E-state index in [1.54, 1.807) is 6.07 Å². The van der Waals surface area contributed by atoms with Gasteiger partial charge in [0.15, 0.2) is 6.26 Å². The maximum absolute atomic E-state index is 10.6. The molecule has 0 aromatic heterocycles. The first-order valence-corrected chi connectivity index (χ1v) is 4.28. The van der Waals surface area contributed by atoms with Gasteiger partial charge in [0.1, 0.15) is 5.70 Å². The first kappa shape index (κ1) is 8.32. The van der Waals surface area contributed by atoms with E-state index in [0.29, 0.717) is 10.7 Å². The van der Waals surface area contributed by atoms with Crippen LogP contribution >= 0.6 is 11.6 Å². The molecule has 65 valence electrons. The van der Waals surface area contributed by atoms with Crippen molar-refractivity contribution in [1.29, 1.82) is 0 Å². The van der Waals surface area contributed by atoms with Crippen molar-refractivity contribution >= 4 is 17.2 Å². The molecule has 0 aliphatic carbocycles. The third-order valence-corrected chi connectivity index (χ3v) is 2.33. The van der Waals surface area contributed by atoms with Crippen molar-refractivity contribution in [3.63, 3.8) is 0 Å². The third-order valence-electron chi connectivity index (χ3n) is 2.10. The first-order valence-electron chi connectivity index (χ1n) is 3.90. The van der Waals surface area contributed by atoms with Gasteiger partial charge in [-0.05, 0) is 30.7 Å². The lowest BCUT2D eigenvalue weighted by atomic mass is 10.2. The summed E-state index contributed by atoms with van der Waals surface area (Å²) in [4.78, 5) is 4.15. The highest BCUT2D eigenvalue weighted by Crippen LogP contribution is 2.12. The lowest BCUT2D eigenvalue weighted by Crippen LogP contribution is -2.21. The molecule has 2 nitrogen and oxygen atoms in total. The summed E-state index contributed by atoms with van der Waals surface area (Å²) in [7, 11) is 0. The van der Waals surface area contributed by atoms with Crippen LogP contribution < -0.4 is 10.6 Å². The van der Waals surface area contributed by atoms with E-state index >= 15 is 0 Å². The molecule has 1 aliphatic rings. The zero-order valence-corrected chi connectivity index (χ0v) is 7.80. The SMILES string of the molecule is CC1=c2cc(Cl)ccc2=NC1=C[O]. The Balaban J connectivity index is 2.88. The fraction of sp³-hybridized carbons (Fsp3) is 0.100. The summed E-state index contributed by atoms with van der Waals surface area (Å²) in [6, 6.07) is 5.41. The second kappa shape index (κ2) is 2.89. The Morgan fingerprint density at radius 3 is 2.92 bits per heavy atom. The normalized spacial score (nSPS) is 17.4. The monoisotopic (exact) mass is 192 g/mol. The van der Waals surface area contributed by atoms with Crippen LogP contribution in [0.15, 0.2) is 35.2 Å². The van der Waals surface area contributed by atoms with Crippen LogP contribution in [-0.4, -0.2) is 0 Å². The Morgan fingerprint density at radius 1 is 1.46 bits per heavy atom. The van der Waals surface area contributed by atoms with Gasteiger partial charge in [-0.1, -0.05) is 11.6 Å². The fourth-order valence-corrected chi connectivity index (χ4v) is 1.54. The number of halogens is 1. The molecule has 0 saturated heterocycles. The van der Waals surface area contributed by atoms with Crippen LogP contribution in [0.3, 0.4) is 0 Å². The van der Waals surface area contributed by atoms with Gasteiger partial charge < -0.3 is 0 Å². The molecule has 0 amide bonds. The van der Waals surface area contributed by atoms with Gasteiger partial charge in [-0.15, -0.1) is 0 Å². The number of benzene rings is 1. The Morgan fingerprint density at radius 2 is 2.23 bits per heavy atom. The predicted molar refractivity (Wildman–Crippen MR) is 50.1 cm³/mol. The van der Waals surface area contributed by atoms with Crippen molar-refractivity contribution < 1.29 is 5.11 Å². The van der Waals surface area contributed by atoms with Gasteiger partial charge in [-0.2, -0.15) is 0 Å². The van der Waals surface area contributed by atoms with E-state index in [4.69, 9.17) is 11.6 Å².